The number of methoxy groups -OCH3 is 1. The molecule has 4 rings (SSSR count). The van der Waals surface area contributed by atoms with Crippen molar-refractivity contribution < 1.29 is 32.2 Å². The van der Waals surface area contributed by atoms with Gasteiger partial charge in [-0.1, -0.05) is 11.8 Å². The van der Waals surface area contributed by atoms with Crippen LogP contribution in [0.5, 0.6) is 5.75 Å². The van der Waals surface area contributed by atoms with E-state index in [0.717, 1.165) is 6.07 Å². The Morgan fingerprint density at radius 3 is 2.58 bits per heavy atom. The summed E-state index contributed by atoms with van der Waals surface area (Å²) < 4.78 is 62.0. The summed E-state index contributed by atoms with van der Waals surface area (Å²) in [5.41, 5.74) is 0.197. The molecule has 3 aromatic rings. The number of alkyl halides is 1. The van der Waals surface area contributed by atoms with Gasteiger partial charge >= 0.3 is 5.97 Å². The van der Waals surface area contributed by atoms with Crippen molar-refractivity contribution in [2.24, 2.45) is 5.41 Å². The van der Waals surface area contributed by atoms with Gasteiger partial charge in [-0.15, -0.1) is 0 Å². The molecule has 2 aromatic carbocycles. The number of halogens is 4. The Bertz CT molecular complexity index is 1460. The molecule has 0 spiro atoms. The molecule has 40 heavy (non-hydrogen) atoms. The van der Waals surface area contributed by atoms with Crippen molar-refractivity contribution in [3.8, 4) is 17.6 Å². The number of hydrogen-bond donors (Lipinski definition) is 1. The lowest BCUT2D eigenvalue weighted by atomic mass is 9.74. The van der Waals surface area contributed by atoms with E-state index in [1.807, 2.05) is 4.90 Å². The second-order valence-corrected chi connectivity index (χ2v) is 10.3. The molecule has 0 bridgehead atoms. The van der Waals surface area contributed by atoms with Crippen LogP contribution in [0.2, 0.25) is 0 Å². The number of likely N-dealkylation sites (tertiary alicyclic amines) is 1. The fourth-order valence-corrected chi connectivity index (χ4v) is 5.15. The van der Waals surface area contributed by atoms with Gasteiger partial charge in [0.2, 0.25) is 0 Å². The van der Waals surface area contributed by atoms with Crippen LogP contribution in [0.1, 0.15) is 43.0 Å². The predicted molar refractivity (Wildman–Crippen MR) is 145 cm³/mol. The van der Waals surface area contributed by atoms with Crippen molar-refractivity contribution in [3.05, 3.63) is 65.1 Å². The zero-order valence-corrected chi connectivity index (χ0v) is 22.6. The molecule has 212 valence electrons. The maximum Gasteiger partial charge on any atom is 0.309 e. The summed E-state index contributed by atoms with van der Waals surface area (Å²) in [6, 6.07) is 6.54. The van der Waals surface area contributed by atoms with E-state index < -0.39 is 35.0 Å². The number of rotatable bonds is 8. The highest BCUT2D eigenvalue weighted by Crippen LogP contribution is 2.43. The van der Waals surface area contributed by atoms with Gasteiger partial charge in [-0.25, -0.2) is 17.6 Å². The molecule has 1 aliphatic rings. The number of ether oxygens (including phenoxy) is 1. The molecule has 1 unspecified atom stereocenters. The molecule has 1 saturated heterocycles. The van der Waals surface area contributed by atoms with Crippen molar-refractivity contribution in [1.82, 2.24) is 9.88 Å². The van der Waals surface area contributed by atoms with Crippen LogP contribution in [0.4, 0.5) is 23.2 Å². The van der Waals surface area contributed by atoms with E-state index in [4.69, 9.17) is 4.74 Å². The molecule has 0 aliphatic carbocycles. The van der Waals surface area contributed by atoms with Crippen molar-refractivity contribution in [2.45, 2.75) is 31.9 Å². The van der Waals surface area contributed by atoms with Gasteiger partial charge in [-0.2, -0.15) is 0 Å². The smallest absolute Gasteiger partial charge is 0.309 e. The van der Waals surface area contributed by atoms with Crippen LogP contribution < -0.4 is 9.64 Å². The number of fused-ring (bicyclic) bond motifs is 1. The number of carboxylic acids is 1. The third kappa shape index (κ3) is 6.15. The predicted octanol–water partition coefficient (Wildman–Crippen LogP) is 5.74. The molecule has 6 nitrogen and oxygen atoms in total. The van der Waals surface area contributed by atoms with Crippen LogP contribution in [0, 0.1) is 34.7 Å². The average molecular weight is 558 g/mol. The van der Waals surface area contributed by atoms with Crippen LogP contribution >= 0.6 is 0 Å². The number of piperidine rings is 1. The average Bonchev–Trinajstić information content (AvgIpc) is 2.93. The number of hydrogen-bond acceptors (Lipinski definition) is 5. The Balaban J connectivity index is 1.46. The summed E-state index contributed by atoms with van der Waals surface area (Å²) in [5, 5.41) is 10.7. The van der Waals surface area contributed by atoms with Crippen molar-refractivity contribution in [1.29, 1.82) is 0 Å². The van der Waals surface area contributed by atoms with Crippen molar-refractivity contribution in [2.75, 3.05) is 45.7 Å². The van der Waals surface area contributed by atoms with Gasteiger partial charge in [0.25, 0.3) is 0 Å². The highest BCUT2D eigenvalue weighted by atomic mass is 19.2. The number of aliphatic carboxylic acids is 1. The number of carbonyl (C=O) groups is 1. The highest BCUT2D eigenvalue weighted by Gasteiger charge is 2.41. The third-order valence-electron chi connectivity index (χ3n) is 7.55. The van der Waals surface area contributed by atoms with Crippen LogP contribution in [0.25, 0.3) is 10.9 Å². The number of anilines is 1. The van der Waals surface area contributed by atoms with Gasteiger partial charge in [-0.05, 0) is 49.9 Å². The molecule has 10 heteroatoms. The summed E-state index contributed by atoms with van der Waals surface area (Å²) in [4.78, 5) is 20.5. The zero-order valence-electron chi connectivity index (χ0n) is 22.6. The van der Waals surface area contributed by atoms with Gasteiger partial charge in [0.05, 0.1) is 42.0 Å². The lowest BCUT2D eigenvalue weighted by Crippen LogP contribution is -2.44. The SMILES string of the molecule is COc1ccc2ncc(N(C)C)c(C(F)CCC3(C(=O)O)CCN(CC#Cc4cc(F)cc(F)c4F)CC3)c2c1. The molecular formula is C30H31F4N3O3. The standard InChI is InChI=1S/C30H31F4N3O3/c1-36(2)26-18-35-25-7-6-21(40-3)17-22(25)27(26)23(32)8-9-30(29(38)39)10-13-37(14-11-30)12-4-5-19-15-20(31)16-24(33)28(19)34/h6-7,15-18,23H,8-14H2,1-3H3,(H,38,39). The van der Waals surface area contributed by atoms with E-state index in [2.05, 4.69) is 16.8 Å². The molecule has 2 heterocycles. The fourth-order valence-electron chi connectivity index (χ4n) is 5.15. The Labute approximate surface area is 230 Å². The topological polar surface area (TPSA) is 65.9 Å². The van der Waals surface area contributed by atoms with Crippen molar-refractivity contribution >= 4 is 22.6 Å². The van der Waals surface area contributed by atoms with Gasteiger partial charge < -0.3 is 14.7 Å². The Hall–Kier alpha value is -3.84. The molecule has 0 amide bonds. The third-order valence-corrected chi connectivity index (χ3v) is 7.55. The van der Waals surface area contributed by atoms with E-state index in [-0.39, 0.29) is 37.8 Å². The minimum absolute atomic E-state index is 0.00762. The fraction of sp³-hybridized carbons (Fsp3) is 0.400. The van der Waals surface area contributed by atoms with E-state index in [9.17, 15) is 23.1 Å². The maximum absolute atomic E-state index is 16.0. The second-order valence-electron chi connectivity index (χ2n) is 10.3. The lowest BCUT2D eigenvalue weighted by Gasteiger charge is -2.38. The summed E-state index contributed by atoms with van der Waals surface area (Å²) in [6.07, 6.45) is 0.894. The first kappa shape index (κ1) is 29.2. The van der Waals surface area contributed by atoms with Crippen LogP contribution in [0.15, 0.2) is 36.5 Å². The molecule has 1 aliphatic heterocycles. The number of pyridine rings is 1. The van der Waals surface area contributed by atoms with E-state index in [0.29, 0.717) is 47.1 Å². The summed E-state index contributed by atoms with van der Waals surface area (Å²) >= 11 is 0. The monoisotopic (exact) mass is 557 g/mol. The summed E-state index contributed by atoms with van der Waals surface area (Å²) in [6.45, 7) is 0.947. The molecule has 0 saturated carbocycles. The first-order valence-electron chi connectivity index (χ1n) is 12.9. The Morgan fingerprint density at radius 2 is 1.93 bits per heavy atom. The van der Waals surface area contributed by atoms with Gasteiger partial charge in [0.15, 0.2) is 11.6 Å². The van der Waals surface area contributed by atoms with Gasteiger partial charge in [0, 0.05) is 44.2 Å². The zero-order chi connectivity index (χ0) is 29.0. The van der Waals surface area contributed by atoms with E-state index >= 15 is 4.39 Å². The lowest BCUT2D eigenvalue weighted by molar-refractivity contribution is -0.152. The number of carboxylic acid groups (broad SMARTS) is 1. The van der Waals surface area contributed by atoms with Crippen LogP contribution in [-0.4, -0.2) is 61.8 Å². The maximum atomic E-state index is 16.0. The number of benzene rings is 2. The van der Waals surface area contributed by atoms with E-state index in [1.165, 1.54) is 7.11 Å². The highest BCUT2D eigenvalue weighted by molar-refractivity contribution is 5.88. The largest absolute Gasteiger partial charge is 0.497 e. The molecular weight excluding hydrogens is 526 g/mol. The Kier molecular flexibility index (Phi) is 8.84. The molecule has 1 fully saturated rings. The van der Waals surface area contributed by atoms with Gasteiger partial charge in [0.1, 0.15) is 17.7 Å². The number of aromatic nitrogens is 1. The van der Waals surface area contributed by atoms with Gasteiger partial charge in [-0.3, -0.25) is 14.7 Å². The van der Waals surface area contributed by atoms with Crippen LogP contribution in [-0.2, 0) is 4.79 Å². The summed E-state index contributed by atoms with van der Waals surface area (Å²) in [5.74, 6) is 1.32. The second kappa shape index (κ2) is 12.1. The quantitative estimate of drug-likeness (QED) is 0.217. The van der Waals surface area contributed by atoms with Crippen molar-refractivity contribution in [3.63, 3.8) is 0 Å². The first-order valence-corrected chi connectivity index (χ1v) is 12.9. The van der Waals surface area contributed by atoms with Crippen LogP contribution in [0.3, 0.4) is 0 Å². The summed E-state index contributed by atoms with van der Waals surface area (Å²) in [7, 11) is 5.14. The first-order chi connectivity index (χ1) is 19.0. The molecule has 1 atom stereocenters. The van der Waals surface area contributed by atoms with E-state index in [1.54, 1.807) is 43.4 Å². The number of nitrogens with zero attached hydrogens (tertiary/aromatic N) is 3. The normalized spacial score (nSPS) is 15.8. The minimum atomic E-state index is -1.43. The minimum Gasteiger partial charge on any atom is -0.497 e. The Morgan fingerprint density at radius 1 is 1.20 bits per heavy atom. The molecule has 1 aromatic heterocycles. The molecule has 0 radical (unpaired) electrons. The molecule has 1 N–H and O–H groups in total.